The monoisotopic (exact) mass is 337 g/mol. The van der Waals surface area contributed by atoms with Crippen molar-refractivity contribution in [3.63, 3.8) is 0 Å². The lowest BCUT2D eigenvalue weighted by Gasteiger charge is -2.12. The van der Waals surface area contributed by atoms with E-state index in [2.05, 4.69) is 5.32 Å². The molecule has 1 unspecified atom stereocenters. The summed E-state index contributed by atoms with van der Waals surface area (Å²) in [5.74, 6) is -0.520. The number of amides is 1. The van der Waals surface area contributed by atoms with Gasteiger partial charge in [-0.1, -0.05) is 41.4 Å². The summed E-state index contributed by atoms with van der Waals surface area (Å²) >= 11 is 7.09. The molecule has 0 aliphatic carbocycles. The molecule has 2 aromatic carbocycles. The average Bonchev–Trinajstić information content (AvgIpc) is 2.50. The molecule has 0 aliphatic rings. The second kappa shape index (κ2) is 7.65. The Morgan fingerprint density at radius 2 is 1.95 bits per heavy atom. The van der Waals surface area contributed by atoms with Gasteiger partial charge in [0.2, 0.25) is 5.91 Å². The molecule has 116 valence electrons. The molecule has 0 aromatic heterocycles. The fraction of sp³-hybridized carbons (Fsp3) is 0.235. The standard InChI is InChI=1S/C17H17ClFNOS/c1-11-3-5-13(6-4-11)10-20-17(21)12(2)22-14-7-8-16(19)15(18)9-14/h3-9,12H,10H2,1-2H3,(H,20,21). The van der Waals surface area contributed by atoms with Gasteiger partial charge in [-0.05, 0) is 37.6 Å². The molecule has 0 aliphatic heterocycles. The highest BCUT2D eigenvalue weighted by molar-refractivity contribution is 8.00. The van der Waals surface area contributed by atoms with Gasteiger partial charge in [0.25, 0.3) is 0 Å². The van der Waals surface area contributed by atoms with Crippen molar-refractivity contribution in [1.82, 2.24) is 5.32 Å². The van der Waals surface area contributed by atoms with E-state index >= 15 is 0 Å². The second-order valence-corrected chi connectivity index (χ2v) is 6.86. The third-order valence-electron chi connectivity index (χ3n) is 3.16. The van der Waals surface area contributed by atoms with E-state index in [9.17, 15) is 9.18 Å². The van der Waals surface area contributed by atoms with Crippen LogP contribution in [-0.2, 0) is 11.3 Å². The number of rotatable bonds is 5. The molecule has 1 amide bonds. The molecule has 22 heavy (non-hydrogen) atoms. The van der Waals surface area contributed by atoms with Gasteiger partial charge in [-0.2, -0.15) is 0 Å². The molecule has 0 saturated carbocycles. The predicted molar refractivity (Wildman–Crippen MR) is 89.8 cm³/mol. The number of halogens is 2. The van der Waals surface area contributed by atoms with E-state index < -0.39 is 5.82 Å². The van der Waals surface area contributed by atoms with Gasteiger partial charge in [-0.25, -0.2) is 4.39 Å². The molecule has 0 heterocycles. The lowest BCUT2D eigenvalue weighted by Crippen LogP contribution is -2.30. The fourth-order valence-electron chi connectivity index (χ4n) is 1.85. The molecule has 0 radical (unpaired) electrons. The molecule has 2 aromatic rings. The van der Waals surface area contributed by atoms with Crippen molar-refractivity contribution < 1.29 is 9.18 Å². The highest BCUT2D eigenvalue weighted by Crippen LogP contribution is 2.27. The van der Waals surface area contributed by atoms with Crippen molar-refractivity contribution >= 4 is 29.3 Å². The smallest absolute Gasteiger partial charge is 0.233 e. The van der Waals surface area contributed by atoms with Crippen molar-refractivity contribution in [2.24, 2.45) is 0 Å². The van der Waals surface area contributed by atoms with Crippen LogP contribution in [0, 0.1) is 12.7 Å². The van der Waals surface area contributed by atoms with Crippen LogP contribution in [0.1, 0.15) is 18.1 Å². The first-order valence-electron chi connectivity index (χ1n) is 6.90. The third kappa shape index (κ3) is 4.75. The number of hydrogen-bond donors (Lipinski definition) is 1. The number of aryl methyl sites for hydroxylation is 1. The van der Waals surface area contributed by atoms with Crippen LogP contribution in [0.3, 0.4) is 0 Å². The second-order valence-electron chi connectivity index (χ2n) is 5.04. The first-order valence-corrected chi connectivity index (χ1v) is 8.16. The highest BCUT2D eigenvalue weighted by atomic mass is 35.5. The number of benzene rings is 2. The molecule has 0 saturated heterocycles. The predicted octanol–water partition coefficient (Wildman–Crippen LogP) is 4.58. The molecule has 2 nitrogen and oxygen atoms in total. The Kier molecular flexibility index (Phi) is 5.86. The Morgan fingerprint density at radius 3 is 2.59 bits per heavy atom. The molecular formula is C17H17ClFNOS. The van der Waals surface area contributed by atoms with Crippen LogP contribution in [0.2, 0.25) is 5.02 Å². The summed E-state index contributed by atoms with van der Waals surface area (Å²) in [6.07, 6.45) is 0. The van der Waals surface area contributed by atoms with Gasteiger partial charge in [0.15, 0.2) is 0 Å². The molecule has 0 fully saturated rings. The zero-order chi connectivity index (χ0) is 16.1. The van der Waals surface area contributed by atoms with Crippen molar-refractivity contribution in [3.05, 3.63) is 64.4 Å². The molecule has 5 heteroatoms. The van der Waals surface area contributed by atoms with Gasteiger partial charge in [-0.3, -0.25) is 4.79 Å². The largest absolute Gasteiger partial charge is 0.351 e. The van der Waals surface area contributed by atoms with Gasteiger partial charge in [0.05, 0.1) is 10.3 Å². The summed E-state index contributed by atoms with van der Waals surface area (Å²) in [6, 6.07) is 12.5. The summed E-state index contributed by atoms with van der Waals surface area (Å²) in [6.45, 7) is 4.33. The van der Waals surface area contributed by atoms with E-state index in [0.717, 1.165) is 10.5 Å². The maximum absolute atomic E-state index is 13.1. The van der Waals surface area contributed by atoms with Crippen LogP contribution >= 0.6 is 23.4 Å². The maximum atomic E-state index is 13.1. The summed E-state index contributed by atoms with van der Waals surface area (Å²) in [7, 11) is 0. The summed E-state index contributed by atoms with van der Waals surface area (Å²) in [5, 5.41) is 2.68. The number of thioether (sulfide) groups is 1. The molecular weight excluding hydrogens is 321 g/mol. The van der Waals surface area contributed by atoms with E-state index in [-0.39, 0.29) is 16.2 Å². The third-order valence-corrected chi connectivity index (χ3v) is 4.54. The van der Waals surface area contributed by atoms with Crippen molar-refractivity contribution in [2.45, 2.75) is 30.5 Å². The zero-order valence-corrected chi connectivity index (χ0v) is 14.0. The Bertz CT molecular complexity index is 660. The van der Waals surface area contributed by atoms with Gasteiger partial charge in [0, 0.05) is 11.4 Å². The van der Waals surface area contributed by atoms with Gasteiger partial charge in [-0.15, -0.1) is 11.8 Å². The Morgan fingerprint density at radius 1 is 1.27 bits per heavy atom. The van der Waals surface area contributed by atoms with Crippen LogP contribution in [0.4, 0.5) is 4.39 Å². The van der Waals surface area contributed by atoms with Crippen LogP contribution in [0.25, 0.3) is 0 Å². The number of hydrogen-bond acceptors (Lipinski definition) is 2. The topological polar surface area (TPSA) is 29.1 Å². The lowest BCUT2D eigenvalue weighted by molar-refractivity contribution is -0.120. The SMILES string of the molecule is Cc1ccc(CNC(=O)C(C)Sc2ccc(F)c(Cl)c2)cc1. The Hall–Kier alpha value is -1.52. The lowest BCUT2D eigenvalue weighted by atomic mass is 10.1. The van der Waals surface area contributed by atoms with E-state index in [4.69, 9.17) is 11.6 Å². The first kappa shape index (κ1) is 16.8. The van der Waals surface area contributed by atoms with E-state index in [1.165, 1.54) is 29.5 Å². The number of carbonyl (C=O) groups excluding carboxylic acids is 1. The molecule has 2 rings (SSSR count). The van der Waals surface area contributed by atoms with Crippen molar-refractivity contribution in [2.75, 3.05) is 0 Å². The minimum absolute atomic E-state index is 0.0639. The molecule has 0 spiro atoms. The zero-order valence-electron chi connectivity index (χ0n) is 12.4. The van der Waals surface area contributed by atoms with Crippen molar-refractivity contribution in [1.29, 1.82) is 0 Å². The number of carbonyl (C=O) groups is 1. The fourth-order valence-corrected chi connectivity index (χ4v) is 3.02. The van der Waals surface area contributed by atoms with Gasteiger partial charge < -0.3 is 5.32 Å². The minimum atomic E-state index is -0.456. The highest BCUT2D eigenvalue weighted by Gasteiger charge is 2.14. The minimum Gasteiger partial charge on any atom is -0.351 e. The quantitative estimate of drug-likeness (QED) is 0.809. The van der Waals surface area contributed by atoms with E-state index in [1.54, 1.807) is 6.07 Å². The summed E-state index contributed by atoms with van der Waals surface area (Å²) in [5.41, 5.74) is 2.24. The first-order chi connectivity index (χ1) is 10.5. The molecule has 1 N–H and O–H groups in total. The van der Waals surface area contributed by atoms with Crippen LogP contribution < -0.4 is 5.32 Å². The summed E-state index contributed by atoms with van der Waals surface area (Å²) in [4.78, 5) is 12.9. The van der Waals surface area contributed by atoms with Crippen LogP contribution in [0.5, 0.6) is 0 Å². The Balaban J connectivity index is 1.88. The Labute approximate surface area is 139 Å². The van der Waals surface area contributed by atoms with Gasteiger partial charge in [0.1, 0.15) is 5.82 Å². The molecule has 0 bridgehead atoms. The van der Waals surface area contributed by atoms with Crippen LogP contribution in [-0.4, -0.2) is 11.2 Å². The molecule has 1 atom stereocenters. The van der Waals surface area contributed by atoms with E-state index in [1.807, 2.05) is 38.1 Å². The van der Waals surface area contributed by atoms with Crippen molar-refractivity contribution in [3.8, 4) is 0 Å². The normalized spacial score (nSPS) is 12.0. The summed E-state index contributed by atoms with van der Waals surface area (Å²) < 4.78 is 13.1. The average molecular weight is 338 g/mol. The van der Waals surface area contributed by atoms with Gasteiger partial charge >= 0.3 is 0 Å². The van der Waals surface area contributed by atoms with Crippen LogP contribution in [0.15, 0.2) is 47.4 Å². The van der Waals surface area contributed by atoms with E-state index in [0.29, 0.717) is 6.54 Å². The maximum Gasteiger partial charge on any atom is 0.233 e. The number of nitrogens with one attached hydrogen (secondary N) is 1.